The van der Waals surface area contributed by atoms with Crippen LogP contribution in [0.5, 0.6) is 5.75 Å². The standard InChI is InChI=1S/C15H19N3O3S/c1-20-11-5-3-2-4-10(11)17-13-12(16)15(19)22-14(13)18-6-8-21-9-7-18/h2-5,12,17H,6-9,16H2,1H3. The zero-order valence-electron chi connectivity index (χ0n) is 12.4. The molecule has 0 aliphatic carbocycles. The van der Waals surface area contributed by atoms with E-state index in [4.69, 9.17) is 15.2 Å². The first-order chi connectivity index (χ1) is 10.7. The smallest absolute Gasteiger partial charge is 0.217 e. The Morgan fingerprint density at radius 1 is 1.36 bits per heavy atom. The van der Waals surface area contributed by atoms with Gasteiger partial charge in [0.2, 0.25) is 5.12 Å². The molecule has 3 rings (SSSR count). The molecule has 0 bridgehead atoms. The van der Waals surface area contributed by atoms with E-state index in [1.54, 1.807) is 7.11 Å². The van der Waals surface area contributed by atoms with Crippen molar-refractivity contribution in [1.82, 2.24) is 4.90 Å². The molecule has 1 aromatic rings. The maximum absolute atomic E-state index is 12.0. The monoisotopic (exact) mass is 321 g/mol. The molecular formula is C15H19N3O3S. The van der Waals surface area contributed by atoms with E-state index in [2.05, 4.69) is 10.2 Å². The Balaban J connectivity index is 1.91. The summed E-state index contributed by atoms with van der Waals surface area (Å²) >= 11 is 1.20. The van der Waals surface area contributed by atoms with Gasteiger partial charge in [-0.25, -0.2) is 0 Å². The van der Waals surface area contributed by atoms with Crippen LogP contribution < -0.4 is 15.8 Å². The van der Waals surface area contributed by atoms with Crippen molar-refractivity contribution in [1.29, 1.82) is 0 Å². The molecule has 1 fully saturated rings. The van der Waals surface area contributed by atoms with Gasteiger partial charge in [0.15, 0.2) is 0 Å². The second-order valence-electron chi connectivity index (χ2n) is 5.04. The summed E-state index contributed by atoms with van der Waals surface area (Å²) in [6, 6.07) is 6.94. The van der Waals surface area contributed by atoms with Crippen molar-refractivity contribution < 1.29 is 14.3 Å². The highest BCUT2D eigenvalue weighted by atomic mass is 32.2. The van der Waals surface area contributed by atoms with Gasteiger partial charge in [-0.05, 0) is 23.9 Å². The van der Waals surface area contributed by atoms with Crippen LogP contribution in [0.25, 0.3) is 0 Å². The van der Waals surface area contributed by atoms with E-state index in [-0.39, 0.29) is 5.12 Å². The Bertz CT molecular complexity index is 599. The molecule has 7 heteroatoms. The van der Waals surface area contributed by atoms with Crippen molar-refractivity contribution in [2.24, 2.45) is 5.73 Å². The van der Waals surface area contributed by atoms with Crippen LogP contribution in [-0.2, 0) is 9.53 Å². The lowest BCUT2D eigenvalue weighted by atomic mass is 10.2. The predicted octanol–water partition coefficient (Wildman–Crippen LogP) is 1.21. The number of rotatable bonds is 4. The summed E-state index contributed by atoms with van der Waals surface area (Å²) in [6.07, 6.45) is 0. The Kier molecular flexibility index (Phi) is 4.56. The molecule has 2 aliphatic heterocycles. The number of thioether (sulfide) groups is 1. The summed E-state index contributed by atoms with van der Waals surface area (Å²) < 4.78 is 10.7. The van der Waals surface area contributed by atoms with Gasteiger partial charge in [-0.3, -0.25) is 4.79 Å². The van der Waals surface area contributed by atoms with Gasteiger partial charge in [0.25, 0.3) is 0 Å². The van der Waals surface area contributed by atoms with Gasteiger partial charge in [-0.2, -0.15) is 0 Å². The zero-order valence-corrected chi connectivity index (χ0v) is 13.2. The topological polar surface area (TPSA) is 76.8 Å². The maximum Gasteiger partial charge on any atom is 0.217 e. The molecule has 2 heterocycles. The van der Waals surface area contributed by atoms with Crippen LogP contribution in [0.4, 0.5) is 5.69 Å². The largest absolute Gasteiger partial charge is 0.495 e. The van der Waals surface area contributed by atoms with Crippen molar-refractivity contribution in [3.63, 3.8) is 0 Å². The lowest BCUT2D eigenvalue weighted by molar-refractivity contribution is -0.111. The number of hydrogen-bond acceptors (Lipinski definition) is 7. The number of benzene rings is 1. The number of morpholine rings is 1. The Labute approximate surface area is 133 Å². The van der Waals surface area contributed by atoms with Gasteiger partial charge in [-0.15, -0.1) is 0 Å². The Morgan fingerprint density at radius 2 is 2.09 bits per heavy atom. The fourth-order valence-electron chi connectivity index (χ4n) is 2.49. The minimum atomic E-state index is -0.646. The molecule has 0 radical (unpaired) electrons. The quantitative estimate of drug-likeness (QED) is 0.863. The average Bonchev–Trinajstić information content (AvgIpc) is 2.84. The molecule has 0 amide bonds. The van der Waals surface area contributed by atoms with Gasteiger partial charge in [0.1, 0.15) is 16.8 Å². The first-order valence-corrected chi connectivity index (χ1v) is 7.96. The van der Waals surface area contributed by atoms with Gasteiger partial charge in [0.05, 0.1) is 31.7 Å². The van der Waals surface area contributed by atoms with Gasteiger partial charge < -0.3 is 25.4 Å². The SMILES string of the molecule is COc1ccccc1NC1=C(N2CCOCC2)SC(=O)C1N. The van der Waals surface area contributed by atoms with Gasteiger partial charge in [0, 0.05) is 13.1 Å². The number of ether oxygens (including phenoxy) is 2. The minimum Gasteiger partial charge on any atom is -0.495 e. The molecule has 0 saturated carbocycles. The number of nitrogens with zero attached hydrogens (tertiary/aromatic N) is 1. The first-order valence-electron chi connectivity index (χ1n) is 7.15. The summed E-state index contributed by atoms with van der Waals surface area (Å²) in [5, 5.41) is 4.15. The van der Waals surface area contributed by atoms with Crippen LogP contribution in [0, 0.1) is 0 Å². The molecule has 118 valence electrons. The summed E-state index contributed by atoms with van der Waals surface area (Å²) in [7, 11) is 1.62. The molecule has 1 unspecified atom stereocenters. The number of para-hydroxylation sites is 2. The van der Waals surface area contributed by atoms with Crippen molar-refractivity contribution >= 4 is 22.6 Å². The van der Waals surface area contributed by atoms with Crippen LogP contribution in [0.15, 0.2) is 35.0 Å². The zero-order chi connectivity index (χ0) is 15.5. The van der Waals surface area contributed by atoms with E-state index in [1.165, 1.54) is 11.8 Å². The number of nitrogens with one attached hydrogen (secondary N) is 1. The fraction of sp³-hybridized carbons (Fsp3) is 0.400. The van der Waals surface area contributed by atoms with Crippen molar-refractivity contribution in [3.8, 4) is 5.75 Å². The van der Waals surface area contributed by atoms with Crippen molar-refractivity contribution in [2.75, 3.05) is 38.7 Å². The van der Waals surface area contributed by atoms with Crippen LogP contribution in [0.1, 0.15) is 0 Å². The molecule has 2 aliphatic rings. The van der Waals surface area contributed by atoms with Crippen molar-refractivity contribution in [2.45, 2.75) is 6.04 Å². The predicted molar refractivity (Wildman–Crippen MR) is 86.6 cm³/mol. The average molecular weight is 321 g/mol. The van der Waals surface area contributed by atoms with Crippen LogP contribution in [0.2, 0.25) is 0 Å². The summed E-state index contributed by atoms with van der Waals surface area (Å²) in [4.78, 5) is 14.2. The fourth-order valence-corrected chi connectivity index (χ4v) is 3.53. The van der Waals surface area contributed by atoms with E-state index < -0.39 is 6.04 Å². The van der Waals surface area contributed by atoms with Gasteiger partial charge >= 0.3 is 0 Å². The number of nitrogens with two attached hydrogens (primary N) is 1. The van der Waals surface area contributed by atoms with Crippen LogP contribution >= 0.6 is 11.8 Å². The normalized spacial score (nSPS) is 22.2. The third kappa shape index (κ3) is 2.92. The summed E-state index contributed by atoms with van der Waals surface area (Å²) in [6.45, 7) is 2.85. The Hall–Kier alpha value is -1.70. The molecule has 3 N–H and O–H groups in total. The van der Waals surface area contributed by atoms with E-state index in [1.807, 2.05) is 24.3 Å². The Morgan fingerprint density at radius 3 is 2.82 bits per heavy atom. The molecule has 1 saturated heterocycles. The molecule has 6 nitrogen and oxygen atoms in total. The lowest BCUT2D eigenvalue weighted by Crippen LogP contribution is -2.36. The van der Waals surface area contributed by atoms with Crippen LogP contribution in [-0.4, -0.2) is 49.5 Å². The third-order valence-corrected chi connectivity index (χ3v) is 4.79. The molecular weight excluding hydrogens is 302 g/mol. The highest BCUT2D eigenvalue weighted by molar-refractivity contribution is 8.17. The van der Waals surface area contributed by atoms with E-state index in [0.29, 0.717) is 19.0 Å². The third-order valence-electron chi connectivity index (χ3n) is 3.67. The number of carbonyl (C=O) groups excluding carboxylic acids is 1. The number of carbonyl (C=O) groups is 1. The van der Waals surface area contributed by atoms with Crippen LogP contribution in [0.3, 0.4) is 0 Å². The first kappa shape index (κ1) is 15.2. The second-order valence-corrected chi connectivity index (χ2v) is 6.04. The van der Waals surface area contributed by atoms with E-state index >= 15 is 0 Å². The van der Waals surface area contributed by atoms with Crippen molar-refractivity contribution in [3.05, 3.63) is 35.0 Å². The molecule has 22 heavy (non-hydrogen) atoms. The second kappa shape index (κ2) is 6.60. The number of methoxy groups -OCH3 is 1. The number of anilines is 1. The highest BCUT2D eigenvalue weighted by Gasteiger charge is 2.35. The molecule has 0 aromatic heterocycles. The molecule has 1 aromatic carbocycles. The molecule has 0 spiro atoms. The highest BCUT2D eigenvalue weighted by Crippen LogP contribution is 2.37. The lowest BCUT2D eigenvalue weighted by Gasteiger charge is -2.30. The molecule has 1 atom stereocenters. The summed E-state index contributed by atoms with van der Waals surface area (Å²) in [5.41, 5.74) is 7.61. The van der Waals surface area contributed by atoms with E-state index in [9.17, 15) is 4.79 Å². The maximum atomic E-state index is 12.0. The number of hydrogen-bond donors (Lipinski definition) is 2. The summed E-state index contributed by atoms with van der Waals surface area (Å²) in [5.74, 6) is 0.716. The van der Waals surface area contributed by atoms with E-state index in [0.717, 1.165) is 29.5 Å². The van der Waals surface area contributed by atoms with Gasteiger partial charge in [-0.1, -0.05) is 12.1 Å². The minimum absolute atomic E-state index is 0.0427.